The number of carbonyl (C=O) groups excluding carboxylic acids is 2. The zero-order chi connectivity index (χ0) is 27.4. The topological polar surface area (TPSA) is 109 Å². The Morgan fingerprint density at radius 3 is 2.34 bits per heavy atom. The summed E-state index contributed by atoms with van der Waals surface area (Å²) in [5.41, 5.74) is 0.835. The van der Waals surface area contributed by atoms with Crippen molar-refractivity contribution in [2.75, 3.05) is 26.2 Å². The molecule has 1 atom stereocenters. The van der Waals surface area contributed by atoms with Crippen LogP contribution in [0.25, 0.3) is 10.9 Å². The van der Waals surface area contributed by atoms with Crippen LogP contribution >= 0.6 is 11.8 Å². The van der Waals surface area contributed by atoms with Crippen molar-refractivity contribution in [3.63, 3.8) is 0 Å². The van der Waals surface area contributed by atoms with Crippen molar-refractivity contribution in [3.8, 4) is 6.07 Å². The maximum absolute atomic E-state index is 13.9. The molecule has 2 amide bonds. The van der Waals surface area contributed by atoms with Gasteiger partial charge in [-0.1, -0.05) is 42.1 Å². The Morgan fingerprint density at radius 2 is 1.74 bits per heavy atom. The van der Waals surface area contributed by atoms with E-state index in [4.69, 9.17) is 9.72 Å². The number of nitrogens with zero attached hydrogens (tertiary/aromatic N) is 5. The van der Waals surface area contributed by atoms with Crippen LogP contribution in [0.4, 0.5) is 4.79 Å². The maximum atomic E-state index is 13.9. The summed E-state index contributed by atoms with van der Waals surface area (Å²) in [6, 6.07) is 16.3. The van der Waals surface area contributed by atoms with Crippen molar-refractivity contribution < 1.29 is 14.3 Å². The molecule has 1 unspecified atom stereocenters. The number of rotatable bonds is 5. The molecule has 0 bridgehead atoms. The molecular weight excluding hydrogens is 502 g/mol. The van der Waals surface area contributed by atoms with Gasteiger partial charge in [-0.2, -0.15) is 5.26 Å². The third kappa shape index (κ3) is 6.00. The smallest absolute Gasteiger partial charge is 0.410 e. The number of fused-ring (bicyclic) bond motifs is 1. The second-order valence-corrected chi connectivity index (χ2v) is 11.1. The molecule has 1 fully saturated rings. The standard InChI is InChI=1S/C28H31N5O4S/c1-5-33-24(34)21-17-19(18-29)11-12-22(21)30-26(33)38-23(20-9-7-6-8-10-20)25(35)31-13-15-32(16-14-31)27(36)37-28(2,3)4/h6-12,17,23H,5,13-16H2,1-4H3. The first kappa shape index (κ1) is 27.2. The highest BCUT2D eigenvalue weighted by Crippen LogP contribution is 2.36. The molecule has 0 radical (unpaired) electrons. The predicted octanol–water partition coefficient (Wildman–Crippen LogP) is 4.20. The summed E-state index contributed by atoms with van der Waals surface area (Å²) in [4.78, 5) is 47.7. The van der Waals surface area contributed by atoms with E-state index in [1.54, 1.807) is 28.0 Å². The molecular formula is C28H31N5O4S. The fraction of sp³-hybridized carbons (Fsp3) is 0.393. The Bertz CT molecular complexity index is 1430. The van der Waals surface area contributed by atoms with Gasteiger partial charge in [0, 0.05) is 32.7 Å². The molecule has 10 heteroatoms. The van der Waals surface area contributed by atoms with Crippen molar-refractivity contribution >= 4 is 34.7 Å². The molecule has 0 aliphatic carbocycles. The molecule has 1 aliphatic heterocycles. The average Bonchev–Trinajstić information content (AvgIpc) is 2.91. The van der Waals surface area contributed by atoms with Gasteiger partial charge in [-0.3, -0.25) is 14.2 Å². The molecule has 2 heterocycles. The number of hydrogen-bond donors (Lipinski definition) is 0. The fourth-order valence-electron chi connectivity index (χ4n) is 4.23. The molecule has 0 saturated carbocycles. The number of thioether (sulfide) groups is 1. The fourth-order valence-corrected chi connectivity index (χ4v) is 5.48. The number of hydrogen-bond acceptors (Lipinski definition) is 7. The summed E-state index contributed by atoms with van der Waals surface area (Å²) in [6.45, 7) is 9.20. The lowest BCUT2D eigenvalue weighted by Crippen LogP contribution is -2.52. The van der Waals surface area contributed by atoms with Crippen molar-refractivity contribution in [2.24, 2.45) is 0 Å². The number of nitriles is 1. The molecule has 1 saturated heterocycles. The van der Waals surface area contributed by atoms with Crippen LogP contribution in [0.15, 0.2) is 58.5 Å². The second-order valence-electron chi connectivity index (χ2n) is 9.99. The van der Waals surface area contributed by atoms with Crippen molar-refractivity contribution in [3.05, 3.63) is 70.0 Å². The van der Waals surface area contributed by atoms with Gasteiger partial charge < -0.3 is 14.5 Å². The van der Waals surface area contributed by atoms with Crippen LogP contribution in [0.1, 0.15) is 44.1 Å². The molecule has 9 nitrogen and oxygen atoms in total. The van der Waals surface area contributed by atoms with E-state index in [0.29, 0.717) is 54.3 Å². The molecule has 3 aromatic rings. The molecule has 38 heavy (non-hydrogen) atoms. The van der Waals surface area contributed by atoms with E-state index in [1.807, 2.05) is 58.0 Å². The van der Waals surface area contributed by atoms with Gasteiger partial charge in [-0.25, -0.2) is 9.78 Å². The third-order valence-corrected chi connectivity index (χ3v) is 7.39. The van der Waals surface area contributed by atoms with Crippen LogP contribution in [0.3, 0.4) is 0 Å². The first-order valence-corrected chi connectivity index (χ1v) is 13.4. The van der Waals surface area contributed by atoms with E-state index in [-0.39, 0.29) is 17.6 Å². The van der Waals surface area contributed by atoms with E-state index in [1.165, 1.54) is 16.3 Å². The van der Waals surface area contributed by atoms with E-state index in [0.717, 1.165) is 5.56 Å². The highest BCUT2D eigenvalue weighted by Gasteiger charge is 2.33. The minimum absolute atomic E-state index is 0.109. The summed E-state index contributed by atoms with van der Waals surface area (Å²) in [5, 5.41) is 9.41. The van der Waals surface area contributed by atoms with Gasteiger partial charge in [0.05, 0.1) is 22.5 Å². The molecule has 0 N–H and O–H groups in total. The Kier molecular flexibility index (Phi) is 8.07. The van der Waals surface area contributed by atoms with Crippen LogP contribution in [0.5, 0.6) is 0 Å². The van der Waals surface area contributed by atoms with Crippen LogP contribution in [0, 0.1) is 11.3 Å². The maximum Gasteiger partial charge on any atom is 0.410 e. The summed E-state index contributed by atoms with van der Waals surface area (Å²) in [7, 11) is 0. The van der Waals surface area contributed by atoms with E-state index < -0.39 is 10.9 Å². The number of piperazine rings is 1. The highest BCUT2D eigenvalue weighted by atomic mass is 32.2. The third-order valence-electron chi connectivity index (χ3n) is 6.16. The average molecular weight is 534 g/mol. The van der Waals surface area contributed by atoms with Crippen LogP contribution in [-0.4, -0.2) is 63.1 Å². The molecule has 198 valence electrons. The van der Waals surface area contributed by atoms with Gasteiger partial charge in [0.25, 0.3) is 5.56 Å². The summed E-state index contributed by atoms with van der Waals surface area (Å²) < 4.78 is 7.02. The summed E-state index contributed by atoms with van der Waals surface area (Å²) >= 11 is 1.24. The van der Waals surface area contributed by atoms with Crippen LogP contribution in [0.2, 0.25) is 0 Å². The minimum Gasteiger partial charge on any atom is -0.444 e. The van der Waals surface area contributed by atoms with Gasteiger partial charge >= 0.3 is 6.09 Å². The SMILES string of the molecule is CCn1c(SC(C(=O)N2CCN(C(=O)OC(C)(C)C)CC2)c2ccccc2)nc2ccc(C#N)cc2c1=O. The zero-order valence-electron chi connectivity index (χ0n) is 22.0. The Hall–Kier alpha value is -3.84. The molecule has 4 rings (SSSR count). The number of ether oxygens (including phenoxy) is 1. The lowest BCUT2D eigenvalue weighted by molar-refractivity contribution is -0.132. The Morgan fingerprint density at radius 1 is 1.08 bits per heavy atom. The zero-order valence-corrected chi connectivity index (χ0v) is 22.8. The number of amides is 2. The van der Waals surface area contributed by atoms with E-state index in [2.05, 4.69) is 6.07 Å². The van der Waals surface area contributed by atoms with Crippen molar-refractivity contribution in [2.45, 2.75) is 50.2 Å². The van der Waals surface area contributed by atoms with E-state index >= 15 is 0 Å². The monoisotopic (exact) mass is 533 g/mol. The first-order valence-electron chi connectivity index (χ1n) is 12.5. The predicted molar refractivity (Wildman–Crippen MR) is 146 cm³/mol. The number of benzene rings is 2. The highest BCUT2D eigenvalue weighted by molar-refractivity contribution is 8.00. The lowest BCUT2D eigenvalue weighted by Gasteiger charge is -2.37. The van der Waals surface area contributed by atoms with Crippen LogP contribution in [-0.2, 0) is 16.1 Å². The van der Waals surface area contributed by atoms with Gasteiger partial charge in [0.1, 0.15) is 10.9 Å². The number of carbonyl (C=O) groups is 2. The second kappa shape index (κ2) is 11.3. The minimum atomic E-state index is -0.634. The largest absolute Gasteiger partial charge is 0.444 e. The molecule has 1 aromatic heterocycles. The molecule has 2 aromatic carbocycles. The van der Waals surface area contributed by atoms with Gasteiger partial charge in [0.2, 0.25) is 5.91 Å². The quantitative estimate of drug-likeness (QED) is 0.357. The normalized spacial score (nSPS) is 14.7. The van der Waals surface area contributed by atoms with Gasteiger partial charge in [0.15, 0.2) is 5.16 Å². The van der Waals surface area contributed by atoms with Gasteiger partial charge in [-0.05, 0) is 51.5 Å². The lowest BCUT2D eigenvalue weighted by atomic mass is 10.1. The number of aromatic nitrogens is 2. The molecule has 0 spiro atoms. The van der Waals surface area contributed by atoms with Crippen molar-refractivity contribution in [1.82, 2.24) is 19.4 Å². The summed E-state index contributed by atoms with van der Waals surface area (Å²) in [5.74, 6) is -0.109. The van der Waals surface area contributed by atoms with E-state index in [9.17, 15) is 19.6 Å². The Balaban J connectivity index is 1.62. The first-order chi connectivity index (χ1) is 18.1. The van der Waals surface area contributed by atoms with Crippen molar-refractivity contribution in [1.29, 1.82) is 5.26 Å². The van der Waals surface area contributed by atoms with Crippen LogP contribution < -0.4 is 5.56 Å². The Labute approximate surface area is 226 Å². The molecule has 1 aliphatic rings. The summed E-state index contributed by atoms with van der Waals surface area (Å²) in [6.07, 6.45) is -0.384. The van der Waals surface area contributed by atoms with Gasteiger partial charge in [-0.15, -0.1) is 0 Å².